The Bertz CT molecular complexity index is 1730. The normalized spacial score (nSPS) is 24.1. The minimum absolute atomic E-state index is 0.0490. The molecule has 0 aliphatic carbocycles. The van der Waals surface area contributed by atoms with Crippen molar-refractivity contribution in [2.45, 2.75) is 112 Å². The fraction of sp³-hybridized carbons (Fsp3) is 0.725. The van der Waals surface area contributed by atoms with Crippen LogP contribution in [-0.4, -0.2) is 144 Å². The summed E-state index contributed by atoms with van der Waals surface area (Å²) in [6.45, 7) is 22.5. The van der Waals surface area contributed by atoms with Crippen LogP contribution >= 0.6 is 76.7 Å². The molecule has 6 amide bonds. The third-order valence-corrected chi connectivity index (χ3v) is 24.8. The summed E-state index contributed by atoms with van der Waals surface area (Å²) in [7, 11) is 0. The summed E-state index contributed by atoms with van der Waals surface area (Å²) in [5, 5.41) is 26.6. The van der Waals surface area contributed by atoms with Gasteiger partial charge in [0.05, 0.1) is 24.2 Å². The number of carbonyl (C=O) groups is 5. The molecule has 0 aromatic rings. The second-order valence-electron chi connectivity index (χ2n) is 16.5. The van der Waals surface area contributed by atoms with Crippen LogP contribution in [0.15, 0.2) is 37.2 Å². The van der Waals surface area contributed by atoms with E-state index in [-0.39, 0.29) is 48.6 Å². The smallest absolute Gasteiger partial charge is 0.407 e. The fourth-order valence-corrected chi connectivity index (χ4v) is 16.2. The van der Waals surface area contributed by atoms with Gasteiger partial charge in [0, 0.05) is 91.7 Å². The van der Waals surface area contributed by atoms with Crippen LogP contribution in [0.25, 0.3) is 0 Å². The number of nitrogens with one attached hydrogen (secondary N) is 6. The van der Waals surface area contributed by atoms with E-state index in [1.165, 1.54) is 51.6 Å². The number of thioether (sulfide) groups is 2. The van der Waals surface area contributed by atoms with Crippen molar-refractivity contribution in [3.8, 4) is 0 Å². The lowest BCUT2D eigenvalue weighted by Crippen LogP contribution is -2.36. The van der Waals surface area contributed by atoms with E-state index in [4.69, 9.17) is 15.6 Å². The molecule has 0 bridgehead atoms. The number of unbranched alkanes of at least 4 members (excludes halogenated alkanes) is 2. The molecule has 4 rings (SSSR count). The van der Waals surface area contributed by atoms with Gasteiger partial charge in [0.15, 0.2) is 19.0 Å². The van der Waals surface area contributed by atoms with Gasteiger partial charge in [-0.3, -0.25) is 9.59 Å². The zero-order valence-corrected chi connectivity index (χ0v) is 45.5. The van der Waals surface area contributed by atoms with Crippen LogP contribution in [-0.2, 0) is 28.0 Å². The number of nitrogens with two attached hydrogens (primary N) is 1. The molecule has 4 heterocycles. The molecule has 9 N–H and O–H groups in total. The number of hydrogen-bond donors (Lipinski definition) is 8. The second-order valence-corrected chi connectivity index (χ2v) is 36.4. The maximum absolute atomic E-state index is 11.8. The highest BCUT2D eigenvalue weighted by Gasteiger charge is 2.43. The van der Waals surface area contributed by atoms with Gasteiger partial charge in [0.25, 0.3) is 0 Å². The van der Waals surface area contributed by atoms with Crippen molar-refractivity contribution in [1.29, 1.82) is 0 Å². The Kier molecular flexibility index (Phi) is 29.7. The number of rotatable bonds is 24. The minimum atomic E-state index is -2.29. The van der Waals surface area contributed by atoms with E-state index in [2.05, 4.69) is 51.6 Å². The first-order valence-corrected chi connectivity index (χ1v) is 35.0. The van der Waals surface area contributed by atoms with Gasteiger partial charge in [-0.1, -0.05) is 66.7 Å². The zero-order chi connectivity index (χ0) is 49.3. The van der Waals surface area contributed by atoms with Gasteiger partial charge in [-0.2, -0.15) is 23.5 Å². The van der Waals surface area contributed by atoms with Gasteiger partial charge in [-0.25, -0.2) is 14.4 Å². The van der Waals surface area contributed by atoms with Crippen molar-refractivity contribution in [1.82, 2.24) is 31.9 Å². The highest BCUT2D eigenvalue weighted by Crippen LogP contribution is 2.57. The summed E-state index contributed by atoms with van der Waals surface area (Å²) in [6, 6.07) is 0.886. The van der Waals surface area contributed by atoms with Crippen LogP contribution in [0.3, 0.4) is 0 Å². The first-order valence-electron chi connectivity index (χ1n) is 21.4. The monoisotopic (exact) mass is 1070 g/mol. The van der Waals surface area contributed by atoms with Crippen molar-refractivity contribution in [3.05, 3.63) is 37.2 Å². The van der Waals surface area contributed by atoms with Gasteiger partial charge >= 0.3 is 24.1 Å². The van der Waals surface area contributed by atoms with Crippen LogP contribution in [0, 0.1) is 0 Å². The summed E-state index contributed by atoms with van der Waals surface area (Å²) >= 11 is 7.82. The third kappa shape index (κ3) is 28.5. The number of urea groups is 2. The standard InChI is InChI=1S/C15H26N3O3PS2.C10H16N2O3S.C10H20NO3PS.C5H12NOPS/c1-3-22(2,21)24-9-8-16-13(19)7-5-4-6-12-14-11(10-23-12)17-15(20)18-14;13-8(14)4-2-1-3-7-9-6(5-16-7)11-10(15)12-9;1-6-15(5,13)16-8-7-11-9(12)14-10(2,3)4;1-3-8(2,7)9-5-4-6/h3,11-12,14H,1,4-10H2,2H3,(H,16,19)(H2,17,18,20);6-7,9H,1-5H2,(H,13,14)(H2,11,12,15);6H,1,7-8H2,2-5H3,(H,11,12);3H,1,4-6H2,2H3/t11-,12-,14-,22?;6-,7-,9-;;/m11../s1. The van der Waals surface area contributed by atoms with Gasteiger partial charge in [0.1, 0.15) is 5.60 Å². The Morgan fingerprint density at radius 2 is 1.15 bits per heavy atom. The van der Waals surface area contributed by atoms with E-state index in [1.807, 2.05) is 23.5 Å². The van der Waals surface area contributed by atoms with Crippen molar-refractivity contribution in [2.24, 2.45) is 5.73 Å². The van der Waals surface area contributed by atoms with E-state index < -0.39 is 36.7 Å². The number of carboxylic acids is 1. The van der Waals surface area contributed by atoms with Crippen molar-refractivity contribution >= 4 is 107 Å². The Labute approximate surface area is 407 Å². The molecule has 374 valence electrons. The maximum Gasteiger partial charge on any atom is 0.407 e. The molecule has 4 aliphatic rings. The SMILES string of the molecule is C=CP(C)(=O)SCCN.C=CP(C)(=O)SCCNC(=O)CCCC[C@H]1SC[C@H]2NC(=O)N[C@H]21.C=CP(C)(=O)SCCNC(=O)OC(C)(C)C.O=C(O)CCCC[C@H]1SC[C@H]2NC(=O)N[C@H]21. The number of fused-ring (bicyclic) bond motifs is 2. The largest absolute Gasteiger partial charge is 0.481 e. The van der Waals surface area contributed by atoms with Gasteiger partial charge in [-0.15, -0.1) is 0 Å². The fourth-order valence-electron chi connectivity index (χ4n) is 6.13. The molecule has 3 unspecified atom stereocenters. The van der Waals surface area contributed by atoms with E-state index in [1.54, 1.807) is 40.8 Å². The molecular formula is C40H74N7O10P3S5. The number of hydrogen-bond acceptors (Lipinski definition) is 15. The molecule has 4 fully saturated rings. The molecule has 0 radical (unpaired) electrons. The molecule has 4 aliphatic heterocycles. The summed E-state index contributed by atoms with van der Waals surface area (Å²) in [5.74, 6) is 7.69. The molecule has 17 nitrogen and oxygen atoms in total. The summed E-state index contributed by atoms with van der Waals surface area (Å²) < 4.78 is 39.5. The van der Waals surface area contributed by atoms with Crippen LogP contribution in [0.2, 0.25) is 0 Å². The molecule has 0 spiro atoms. The molecule has 25 heteroatoms. The van der Waals surface area contributed by atoms with E-state index in [0.29, 0.717) is 48.1 Å². The molecule has 0 saturated carbocycles. The Morgan fingerprint density at radius 3 is 1.55 bits per heavy atom. The molecule has 0 aromatic carbocycles. The number of aliphatic carboxylic acids is 1. The molecule has 65 heavy (non-hydrogen) atoms. The molecule has 0 aromatic heterocycles. The van der Waals surface area contributed by atoms with Crippen LogP contribution in [0.4, 0.5) is 14.4 Å². The Balaban J connectivity index is 0.000000457. The van der Waals surface area contributed by atoms with Gasteiger partial charge in [0.2, 0.25) is 5.91 Å². The highest BCUT2D eigenvalue weighted by atomic mass is 32.7. The van der Waals surface area contributed by atoms with Crippen molar-refractivity contribution in [2.75, 3.05) is 68.4 Å². The van der Waals surface area contributed by atoms with Crippen LogP contribution in [0.5, 0.6) is 0 Å². The van der Waals surface area contributed by atoms with Gasteiger partial charge in [-0.05, 0) is 63.9 Å². The number of carboxylic acid groups (broad SMARTS) is 1. The summed E-state index contributed by atoms with van der Waals surface area (Å²) in [5.41, 5.74) is 4.73. The van der Waals surface area contributed by atoms with Crippen LogP contribution in [0.1, 0.15) is 72.1 Å². The first-order chi connectivity index (χ1) is 30.4. The second kappa shape index (κ2) is 31.5. The predicted molar refractivity (Wildman–Crippen MR) is 280 cm³/mol. The predicted octanol–water partition coefficient (Wildman–Crippen LogP) is 8.44. The average molecular weight is 1070 g/mol. The summed E-state index contributed by atoms with van der Waals surface area (Å²) in [6.07, 6.45) is -0.851. The lowest BCUT2D eigenvalue weighted by Gasteiger charge is -2.19. The lowest BCUT2D eigenvalue weighted by molar-refractivity contribution is -0.137. The molecule has 4 saturated heterocycles. The Morgan fingerprint density at radius 1 is 0.738 bits per heavy atom. The van der Waals surface area contributed by atoms with Gasteiger partial charge < -0.3 is 61.2 Å². The average Bonchev–Trinajstić information content (AvgIpc) is 3.99. The van der Waals surface area contributed by atoms with E-state index in [9.17, 15) is 37.7 Å². The molecule has 9 atom stereocenters. The number of carbonyl (C=O) groups excluding carboxylic acids is 4. The quantitative estimate of drug-likeness (QED) is 0.0256. The first kappa shape index (κ1) is 61.4. The number of alkyl carbamates (subject to hydrolysis) is 1. The minimum Gasteiger partial charge on any atom is -0.481 e. The lowest BCUT2D eigenvalue weighted by atomic mass is 10.0. The van der Waals surface area contributed by atoms with E-state index >= 15 is 0 Å². The van der Waals surface area contributed by atoms with Crippen LogP contribution < -0.4 is 37.6 Å². The number of amides is 6. The third-order valence-electron chi connectivity index (χ3n) is 9.50. The summed E-state index contributed by atoms with van der Waals surface area (Å²) in [4.78, 5) is 55.8. The van der Waals surface area contributed by atoms with E-state index in [0.717, 1.165) is 55.8 Å². The topological polar surface area (TPSA) is 264 Å². The van der Waals surface area contributed by atoms with Crippen molar-refractivity contribution < 1.29 is 47.5 Å². The highest BCUT2D eigenvalue weighted by molar-refractivity contribution is 8.59. The molecular weight excluding hydrogens is 992 g/mol. The zero-order valence-electron chi connectivity index (χ0n) is 38.7. The number of ether oxygens (including phenoxy) is 1. The van der Waals surface area contributed by atoms with Crippen molar-refractivity contribution in [3.63, 3.8) is 0 Å². The Hall–Kier alpha value is -1.63. The maximum atomic E-state index is 11.8.